The number of hydrogen-bond donors (Lipinski definition) is 3. The van der Waals surface area contributed by atoms with Gasteiger partial charge >= 0.3 is 5.97 Å². The Kier molecular flexibility index (Phi) is 6.38. The summed E-state index contributed by atoms with van der Waals surface area (Å²) in [6.45, 7) is 3.77. The number of fused-ring (bicyclic) bond motifs is 1. The molecule has 0 radical (unpaired) electrons. The molecule has 0 spiro atoms. The summed E-state index contributed by atoms with van der Waals surface area (Å²) < 4.78 is 5.56. The van der Waals surface area contributed by atoms with Crippen molar-refractivity contribution in [2.45, 2.75) is 32.7 Å². The van der Waals surface area contributed by atoms with Crippen molar-refractivity contribution >= 4 is 17.8 Å². The fraction of sp³-hybridized carbons (Fsp3) is 0.500. The van der Waals surface area contributed by atoms with Crippen molar-refractivity contribution in [1.82, 2.24) is 10.6 Å². The number of carboxylic acid groups (broad SMARTS) is 1. The van der Waals surface area contributed by atoms with Crippen LogP contribution in [0.3, 0.4) is 0 Å². The Labute approximate surface area is 146 Å². The first-order valence-corrected chi connectivity index (χ1v) is 8.37. The number of ether oxygens (including phenoxy) is 1. The number of nitrogens with one attached hydrogen (secondary N) is 2. The fourth-order valence-corrected chi connectivity index (χ4v) is 2.75. The summed E-state index contributed by atoms with van der Waals surface area (Å²) in [7, 11) is 0. The minimum absolute atomic E-state index is 0.135. The Morgan fingerprint density at radius 2 is 2.00 bits per heavy atom. The summed E-state index contributed by atoms with van der Waals surface area (Å²) in [5.74, 6) is -1.32. The summed E-state index contributed by atoms with van der Waals surface area (Å²) >= 11 is 0. The number of carbonyl (C=O) groups is 3. The van der Waals surface area contributed by atoms with E-state index in [0.717, 1.165) is 11.3 Å². The van der Waals surface area contributed by atoms with Gasteiger partial charge in [0.2, 0.25) is 11.8 Å². The lowest BCUT2D eigenvalue weighted by Crippen LogP contribution is -2.47. The Balaban J connectivity index is 1.81. The van der Waals surface area contributed by atoms with Crippen molar-refractivity contribution in [3.05, 3.63) is 29.8 Å². The molecule has 0 fully saturated rings. The lowest BCUT2D eigenvalue weighted by Gasteiger charge is -2.24. The molecule has 0 bridgehead atoms. The molecule has 136 valence electrons. The molecular weight excluding hydrogens is 324 g/mol. The standard InChI is InChI=1S/C18H24N2O5/c1-11(2)7-14(18(23)24)20-16(21)9-19-17(22)13-8-12-5-3-4-6-15(12)25-10-13/h3-6,11,13-14H,7-10H2,1-2H3,(H,19,22)(H,20,21)(H,23,24)/t13?,14-/m0/s1. The third-order valence-corrected chi connectivity index (χ3v) is 4.01. The van der Waals surface area contributed by atoms with Crippen molar-refractivity contribution in [3.63, 3.8) is 0 Å². The molecule has 3 N–H and O–H groups in total. The summed E-state index contributed by atoms with van der Waals surface area (Å²) in [5.41, 5.74) is 0.959. The fourth-order valence-electron chi connectivity index (χ4n) is 2.75. The van der Waals surface area contributed by atoms with E-state index in [9.17, 15) is 14.4 Å². The van der Waals surface area contributed by atoms with E-state index in [4.69, 9.17) is 9.84 Å². The maximum Gasteiger partial charge on any atom is 0.326 e. The molecule has 1 aromatic carbocycles. The second kappa shape index (κ2) is 8.50. The highest BCUT2D eigenvalue weighted by Gasteiger charge is 2.26. The van der Waals surface area contributed by atoms with Crippen molar-refractivity contribution in [2.75, 3.05) is 13.2 Å². The van der Waals surface area contributed by atoms with E-state index in [1.54, 1.807) is 0 Å². The first kappa shape index (κ1) is 18.8. The average molecular weight is 348 g/mol. The molecule has 2 amide bonds. The normalized spacial score (nSPS) is 17.2. The molecule has 7 heteroatoms. The second-order valence-electron chi connectivity index (χ2n) is 6.63. The molecule has 0 saturated carbocycles. The number of carboxylic acids is 1. The zero-order valence-electron chi connectivity index (χ0n) is 14.5. The summed E-state index contributed by atoms with van der Waals surface area (Å²) in [5, 5.41) is 14.1. The predicted molar refractivity (Wildman–Crippen MR) is 91.2 cm³/mol. The van der Waals surface area contributed by atoms with Crippen molar-refractivity contribution in [2.24, 2.45) is 11.8 Å². The van der Waals surface area contributed by atoms with E-state index >= 15 is 0 Å². The maximum absolute atomic E-state index is 12.2. The smallest absolute Gasteiger partial charge is 0.326 e. The van der Waals surface area contributed by atoms with Crippen molar-refractivity contribution < 1.29 is 24.2 Å². The molecular formula is C18H24N2O5. The summed E-state index contributed by atoms with van der Waals surface area (Å²) in [6, 6.07) is 6.58. The van der Waals surface area contributed by atoms with Crippen LogP contribution in [0.25, 0.3) is 0 Å². The summed E-state index contributed by atoms with van der Waals surface area (Å²) in [4.78, 5) is 35.3. The van der Waals surface area contributed by atoms with Crippen molar-refractivity contribution in [3.8, 4) is 5.75 Å². The van der Waals surface area contributed by atoms with E-state index in [2.05, 4.69) is 10.6 Å². The van der Waals surface area contributed by atoms with Gasteiger partial charge in [-0.25, -0.2) is 4.79 Å². The molecule has 1 aromatic rings. The molecule has 7 nitrogen and oxygen atoms in total. The first-order valence-electron chi connectivity index (χ1n) is 8.37. The van der Waals surface area contributed by atoms with Crippen LogP contribution in [0, 0.1) is 11.8 Å². The third-order valence-electron chi connectivity index (χ3n) is 4.01. The van der Waals surface area contributed by atoms with E-state index in [1.807, 2.05) is 38.1 Å². The Bertz CT molecular complexity index is 644. The van der Waals surface area contributed by atoms with Crippen LogP contribution in [0.15, 0.2) is 24.3 Å². The number of carbonyl (C=O) groups excluding carboxylic acids is 2. The number of amides is 2. The van der Waals surface area contributed by atoms with Gasteiger partial charge in [-0.2, -0.15) is 0 Å². The van der Waals surface area contributed by atoms with Gasteiger partial charge in [-0.1, -0.05) is 32.0 Å². The van der Waals surface area contributed by atoms with Crippen LogP contribution >= 0.6 is 0 Å². The molecule has 0 aliphatic carbocycles. The monoisotopic (exact) mass is 348 g/mol. The largest absolute Gasteiger partial charge is 0.492 e. The Morgan fingerprint density at radius 1 is 1.28 bits per heavy atom. The van der Waals surface area contributed by atoms with Crippen LogP contribution in [0.1, 0.15) is 25.8 Å². The molecule has 1 aliphatic heterocycles. The van der Waals surface area contributed by atoms with Gasteiger partial charge in [-0.05, 0) is 30.4 Å². The average Bonchev–Trinajstić information content (AvgIpc) is 2.58. The van der Waals surface area contributed by atoms with E-state index in [1.165, 1.54) is 0 Å². The first-order chi connectivity index (χ1) is 11.9. The van der Waals surface area contributed by atoms with E-state index < -0.39 is 17.9 Å². The molecule has 2 rings (SSSR count). The van der Waals surface area contributed by atoms with Gasteiger partial charge in [0, 0.05) is 0 Å². The van der Waals surface area contributed by atoms with Gasteiger partial charge < -0.3 is 20.5 Å². The van der Waals surface area contributed by atoms with Gasteiger partial charge in [-0.3, -0.25) is 9.59 Å². The molecule has 2 atom stereocenters. The highest BCUT2D eigenvalue weighted by molar-refractivity contribution is 5.88. The van der Waals surface area contributed by atoms with E-state index in [0.29, 0.717) is 12.8 Å². The zero-order valence-corrected chi connectivity index (χ0v) is 14.5. The van der Waals surface area contributed by atoms with Gasteiger partial charge in [0.25, 0.3) is 0 Å². The molecule has 1 heterocycles. The number of rotatable bonds is 7. The number of para-hydroxylation sites is 1. The van der Waals surface area contributed by atoms with Gasteiger partial charge in [0.1, 0.15) is 18.4 Å². The quantitative estimate of drug-likeness (QED) is 0.681. The SMILES string of the molecule is CC(C)C[C@H](NC(=O)CNC(=O)C1COc2ccccc2C1)C(=O)O. The highest BCUT2D eigenvalue weighted by atomic mass is 16.5. The summed E-state index contributed by atoms with van der Waals surface area (Å²) in [6.07, 6.45) is 0.886. The van der Waals surface area contributed by atoms with Crippen LogP contribution in [0.2, 0.25) is 0 Å². The lowest BCUT2D eigenvalue weighted by molar-refractivity contribution is -0.142. The second-order valence-corrected chi connectivity index (χ2v) is 6.63. The van der Waals surface area contributed by atoms with Crippen LogP contribution in [-0.2, 0) is 20.8 Å². The lowest BCUT2D eigenvalue weighted by atomic mass is 9.96. The minimum Gasteiger partial charge on any atom is -0.492 e. The third kappa shape index (κ3) is 5.48. The zero-order chi connectivity index (χ0) is 18.4. The van der Waals surface area contributed by atoms with Crippen LogP contribution in [0.4, 0.5) is 0 Å². The Morgan fingerprint density at radius 3 is 2.68 bits per heavy atom. The molecule has 1 unspecified atom stereocenters. The molecule has 1 aliphatic rings. The van der Waals surface area contributed by atoms with Crippen molar-refractivity contribution in [1.29, 1.82) is 0 Å². The molecule has 25 heavy (non-hydrogen) atoms. The maximum atomic E-state index is 12.2. The predicted octanol–water partition coefficient (Wildman–Crippen LogP) is 0.969. The van der Waals surface area contributed by atoms with Crippen LogP contribution in [-0.4, -0.2) is 42.1 Å². The topological polar surface area (TPSA) is 105 Å². The van der Waals surface area contributed by atoms with Gasteiger partial charge in [0.15, 0.2) is 0 Å². The van der Waals surface area contributed by atoms with Gasteiger partial charge in [0.05, 0.1) is 12.5 Å². The highest BCUT2D eigenvalue weighted by Crippen LogP contribution is 2.26. The van der Waals surface area contributed by atoms with Crippen LogP contribution in [0.5, 0.6) is 5.75 Å². The minimum atomic E-state index is -1.08. The number of aliphatic carboxylic acids is 1. The molecule has 0 aromatic heterocycles. The number of hydrogen-bond acceptors (Lipinski definition) is 4. The molecule has 0 saturated heterocycles. The van der Waals surface area contributed by atoms with Crippen LogP contribution < -0.4 is 15.4 Å². The van der Waals surface area contributed by atoms with E-state index in [-0.39, 0.29) is 30.9 Å². The number of benzene rings is 1. The van der Waals surface area contributed by atoms with Gasteiger partial charge in [-0.15, -0.1) is 0 Å². The Hall–Kier alpha value is -2.57.